The number of nitrogens with zero attached hydrogens (tertiary/aromatic N) is 3. The van der Waals surface area contributed by atoms with Gasteiger partial charge in [-0.15, -0.1) is 5.10 Å². The Hall–Kier alpha value is -0.980. The summed E-state index contributed by atoms with van der Waals surface area (Å²) in [6.07, 6.45) is 1.17. The minimum atomic E-state index is 0.522. The largest absolute Gasteiger partial charge is 0.369 e. The topological polar surface area (TPSA) is 41.0 Å². The molecule has 1 aliphatic rings. The van der Waals surface area contributed by atoms with E-state index in [-0.39, 0.29) is 0 Å². The minimum Gasteiger partial charge on any atom is -0.369 e. The van der Waals surface area contributed by atoms with Crippen LogP contribution in [0.25, 0.3) is 0 Å². The highest BCUT2D eigenvalue weighted by Crippen LogP contribution is 2.28. The van der Waals surface area contributed by atoms with Crippen molar-refractivity contribution in [1.29, 1.82) is 0 Å². The van der Waals surface area contributed by atoms with Gasteiger partial charge >= 0.3 is 0 Å². The maximum Gasteiger partial charge on any atom is 0.0893 e. The lowest BCUT2D eigenvalue weighted by Crippen LogP contribution is -2.32. The summed E-state index contributed by atoms with van der Waals surface area (Å²) in [6, 6.07) is 8.92. The fraction of sp³-hybridized carbons (Fsp3) is 0.385. The molecule has 1 aromatic heterocycles. The lowest BCUT2D eigenvalue weighted by Gasteiger charge is -2.20. The number of benzene rings is 1. The SMILES string of the molecule is Brc1ccccc1N1CC[C@@H](NCc2csnn2)C1. The van der Waals surface area contributed by atoms with E-state index >= 15 is 0 Å². The minimum absolute atomic E-state index is 0.522. The van der Waals surface area contributed by atoms with Crippen LogP contribution in [0, 0.1) is 0 Å². The van der Waals surface area contributed by atoms with Gasteiger partial charge in [-0.25, -0.2) is 0 Å². The summed E-state index contributed by atoms with van der Waals surface area (Å²) in [4.78, 5) is 2.42. The number of anilines is 1. The molecule has 0 aliphatic carbocycles. The van der Waals surface area contributed by atoms with Crippen molar-refractivity contribution in [2.45, 2.75) is 19.0 Å². The number of nitrogens with one attached hydrogen (secondary N) is 1. The third-order valence-corrected chi connectivity index (χ3v) is 4.58. The molecule has 0 spiro atoms. The Morgan fingerprint density at radius 1 is 1.42 bits per heavy atom. The molecule has 0 radical (unpaired) electrons. The predicted octanol–water partition coefficient (Wildman–Crippen LogP) is 2.67. The number of para-hydroxylation sites is 1. The van der Waals surface area contributed by atoms with Crippen molar-refractivity contribution in [2.24, 2.45) is 0 Å². The number of hydrogen-bond acceptors (Lipinski definition) is 5. The van der Waals surface area contributed by atoms with Crippen molar-refractivity contribution in [3.05, 3.63) is 39.8 Å². The molecular weight excluding hydrogens is 324 g/mol. The summed E-state index contributed by atoms with van der Waals surface area (Å²) < 4.78 is 5.04. The molecule has 2 aromatic rings. The molecule has 1 atom stereocenters. The van der Waals surface area contributed by atoms with E-state index in [1.807, 2.05) is 5.38 Å². The molecule has 100 valence electrons. The fourth-order valence-electron chi connectivity index (χ4n) is 2.36. The average Bonchev–Trinajstić information content (AvgIpc) is 3.08. The summed E-state index contributed by atoms with van der Waals surface area (Å²) in [5.41, 5.74) is 2.31. The van der Waals surface area contributed by atoms with Crippen LogP contribution in [0.3, 0.4) is 0 Å². The predicted molar refractivity (Wildman–Crippen MR) is 81.5 cm³/mol. The van der Waals surface area contributed by atoms with E-state index in [2.05, 4.69) is 60.0 Å². The van der Waals surface area contributed by atoms with E-state index in [0.29, 0.717) is 6.04 Å². The van der Waals surface area contributed by atoms with Crippen molar-refractivity contribution in [1.82, 2.24) is 14.9 Å². The first-order chi connectivity index (χ1) is 9.33. The molecule has 0 saturated carbocycles. The van der Waals surface area contributed by atoms with E-state index in [1.54, 1.807) is 0 Å². The summed E-state index contributed by atoms with van der Waals surface area (Å²) >= 11 is 5.02. The third-order valence-electron chi connectivity index (χ3n) is 3.36. The summed E-state index contributed by atoms with van der Waals surface area (Å²) in [7, 11) is 0. The van der Waals surface area contributed by atoms with E-state index < -0.39 is 0 Å². The van der Waals surface area contributed by atoms with Crippen LogP contribution < -0.4 is 10.2 Å². The first-order valence-electron chi connectivity index (χ1n) is 6.32. The van der Waals surface area contributed by atoms with Crippen LogP contribution in [-0.4, -0.2) is 28.7 Å². The highest BCUT2D eigenvalue weighted by atomic mass is 79.9. The van der Waals surface area contributed by atoms with Crippen LogP contribution in [0.2, 0.25) is 0 Å². The van der Waals surface area contributed by atoms with Gasteiger partial charge in [-0.3, -0.25) is 0 Å². The molecule has 1 aromatic carbocycles. The fourth-order valence-corrected chi connectivity index (χ4v) is 3.35. The molecule has 0 bridgehead atoms. The van der Waals surface area contributed by atoms with E-state index in [0.717, 1.165) is 25.3 Å². The Morgan fingerprint density at radius 2 is 2.32 bits per heavy atom. The van der Waals surface area contributed by atoms with E-state index in [9.17, 15) is 0 Å². The molecule has 2 heterocycles. The lowest BCUT2D eigenvalue weighted by atomic mass is 10.2. The molecule has 19 heavy (non-hydrogen) atoms. The Kier molecular flexibility index (Phi) is 4.10. The maximum absolute atomic E-state index is 4.05. The van der Waals surface area contributed by atoms with Crippen molar-refractivity contribution >= 4 is 33.1 Å². The van der Waals surface area contributed by atoms with Gasteiger partial charge in [0, 0.05) is 35.5 Å². The van der Waals surface area contributed by atoms with Crippen molar-refractivity contribution < 1.29 is 0 Å². The molecule has 0 amide bonds. The molecule has 1 N–H and O–H groups in total. The first-order valence-corrected chi connectivity index (χ1v) is 7.94. The quantitative estimate of drug-likeness (QED) is 0.930. The van der Waals surface area contributed by atoms with Crippen LogP contribution in [0.1, 0.15) is 12.1 Å². The van der Waals surface area contributed by atoms with Crippen LogP contribution in [-0.2, 0) is 6.54 Å². The highest BCUT2D eigenvalue weighted by molar-refractivity contribution is 9.10. The van der Waals surface area contributed by atoms with Gasteiger partial charge in [0.15, 0.2) is 0 Å². The zero-order valence-corrected chi connectivity index (χ0v) is 12.8. The van der Waals surface area contributed by atoms with Gasteiger partial charge < -0.3 is 10.2 Å². The summed E-state index contributed by atoms with van der Waals surface area (Å²) in [5.74, 6) is 0. The van der Waals surface area contributed by atoms with Crippen LogP contribution in [0.4, 0.5) is 5.69 Å². The molecule has 0 unspecified atom stereocenters. The maximum atomic E-state index is 4.05. The van der Waals surface area contributed by atoms with Crippen LogP contribution in [0.5, 0.6) is 0 Å². The van der Waals surface area contributed by atoms with Gasteiger partial charge in [-0.05, 0) is 46.0 Å². The van der Waals surface area contributed by atoms with Gasteiger partial charge in [0.05, 0.1) is 11.4 Å². The van der Waals surface area contributed by atoms with Crippen LogP contribution >= 0.6 is 27.5 Å². The summed E-state index contributed by atoms with van der Waals surface area (Å²) in [5, 5.41) is 9.60. The van der Waals surface area contributed by atoms with Gasteiger partial charge in [0.25, 0.3) is 0 Å². The van der Waals surface area contributed by atoms with Crippen molar-refractivity contribution in [2.75, 3.05) is 18.0 Å². The number of aromatic nitrogens is 2. The normalized spacial score (nSPS) is 19.0. The second-order valence-corrected chi connectivity index (χ2v) is 6.12. The number of halogens is 1. The van der Waals surface area contributed by atoms with Crippen LogP contribution in [0.15, 0.2) is 34.1 Å². The Morgan fingerprint density at radius 3 is 3.11 bits per heavy atom. The molecule has 1 aliphatic heterocycles. The molecule has 1 saturated heterocycles. The Bertz CT molecular complexity index is 531. The Balaban J connectivity index is 1.57. The summed E-state index contributed by atoms with van der Waals surface area (Å²) in [6.45, 7) is 2.95. The highest BCUT2D eigenvalue weighted by Gasteiger charge is 2.23. The average molecular weight is 339 g/mol. The second-order valence-electron chi connectivity index (χ2n) is 4.66. The standard InChI is InChI=1S/C13H15BrN4S/c14-12-3-1-2-4-13(12)18-6-5-10(8-18)15-7-11-9-19-17-16-11/h1-4,9-10,15H,5-8H2/t10-/m1/s1. The zero-order valence-electron chi connectivity index (χ0n) is 10.4. The first kappa shape index (κ1) is 13.0. The van der Waals surface area contributed by atoms with Crippen molar-refractivity contribution in [3.63, 3.8) is 0 Å². The molecule has 6 heteroatoms. The smallest absolute Gasteiger partial charge is 0.0893 e. The van der Waals surface area contributed by atoms with E-state index in [4.69, 9.17) is 0 Å². The molecular formula is C13H15BrN4S. The van der Waals surface area contributed by atoms with E-state index in [1.165, 1.54) is 28.1 Å². The second kappa shape index (κ2) is 5.98. The van der Waals surface area contributed by atoms with Crippen molar-refractivity contribution in [3.8, 4) is 0 Å². The lowest BCUT2D eigenvalue weighted by molar-refractivity contribution is 0.545. The molecule has 4 nitrogen and oxygen atoms in total. The monoisotopic (exact) mass is 338 g/mol. The van der Waals surface area contributed by atoms with Gasteiger partial charge in [-0.2, -0.15) is 0 Å². The molecule has 1 fully saturated rings. The number of rotatable bonds is 4. The number of hydrogen-bond donors (Lipinski definition) is 1. The Labute approximate surface area is 125 Å². The van der Waals surface area contributed by atoms with Gasteiger partial charge in [0.2, 0.25) is 0 Å². The zero-order chi connectivity index (χ0) is 13.1. The molecule has 3 rings (SSSR count). The van der Waals surface area contributed by atoms with Gasteiger partial charge in [0.1, 0.15) is 0 Å². The third kappa shape index (κ3) is 3.13. The van der Waals surface area contributed by atoms with Gasteiger partial charge in [-0.1, -0.05) is 16.6 Å².